The maximum Gasteiger partial charge on any atom is 0.140 e. The van der Waals surface area contributed by atoms with Crippen molar-refractivity contribution < 1.29 is 0 Å². The van der Waals surface area contributed by atoms with Crippen LogP contribution in [0, 0.1) is 6.92 Å². The molecule has 1 heterocycles. The zero-order valence-corrected chi connectivity index (χ0v) is 10.6. The van der Waals surface area contributed by atoms with Gasteiger partial charge in [-0.1, -0.05) is 24.3 Å². The van der Waals surface area contributed by atoms with Gasteiger partial charge < -0.3 is 10.3 Å². The number of hydrogen-bond donors (Lipinski definition) is 1. The molecular formula is C14H19N3. The highest BCUT2D eigenvalue weighted by molar-refractivity contribution is 5.60. The first-order chi connectivity index (χ1) is 8.15. The molecule has 1 aromatic carbocycles. The van der Waals surface area contributed by atoms with Crippen molar-refractivity contribution in [2.45, 2.75) is 33.4 Å². The molecule has 0 amide bonds. The topological polar surface area (TPSA) is 43.8 Å². The molecule has 0 fully saturated rings. The zero-order valence-electron chi connectivity index (χ0n) is 10.6. The van der Waals surface area contributed by atoms with E-state index in [-0.39, 0.29) is 6.04 Å². The van der Waals surface area contributed by atoms with E-state index in [1.165, 1.54) is 11.1 Å². The van der Waals surface area contributed by atoms with Crippen molar-refractivity contribution in [3.05, 3.63) is 41.7 Å². The van der Waals surface area contributed by atoms with Crippen molar-refractivity contribution in [1.82, 2.24) is 9.55 Å². The fraction of sp³-hybridized carbons (Fsp3) is 0.357. The molecule has 1 aromatic heterocycles. The number of hydrogen-bond acceptors (Lipinski definition) is 2. The molecule has 17 heavy (non-hydrogen) atoms. The summed E-state index contributed by atoms with van der Waals surface area (Å²) in [4.78, 5) is 4.52. The minimum atomic E-state index is 0.0141. The minimum absolute atomic E-state index is 0.0141. The van der Waals surface area contributed by atoms with Gasteiger partial charge in [0.05, 0.1) is 11.9 Å². The van der Waals surface area contributed by atoms with Crippen LogP contribution in [-0.4, -0.2) is 9.55 Å². The summed E-state index contributed by atoms with van der Waals surface area (Å²) in [6.45, 7) is 7.11. The average molecular weight is 229 g/mol. The Bertz CT molecular complexity index is 512. The second kappa shape index (κ2) is 4.72. The Hall–Kier alpha value is -1.61. The van der Waals surface area contributed by atoms with Crippen LogP contribution < -0.4 is 5.73 Å². The van der Waals surface area contributed by atoms with Gasteiger partial charge in [0.2, 0.25) is 0 Å². The van der Waals surface area contributed by atoms with E-state index in [9.17, 15) is 0 Å². The lowest BCUT2D eigenvalue weighted by Crippen LogP contribution is -2.12. The van der Waals surface area contributed by atoms with Gasteiger partial charge in [-0.25, -0.2) is 4.98 Å². The second-order valence-electron chi connectivity index (χ2n) is 4.35. The Morgan fingerprint density at radius 2 is 2.06 bits per heavy atom. The second-order valence-corrected chi connectivity index (χ2v) is 4.35. The van der Waals surface area contributed by atoms with Crippen molar-refractivity contribution in [3.63, 3.8) is 0 Å². The van der Waals surface area contributed by atoms with Gasteiger partial charge in [-0.3, -0.25) is 0 Å². The van der Waals surface area contributed by atoms with E-state index in [0.717, 1.165) is 18.1 Å². The number of aryl methyl sites for hydroxylation is 1. The molecule has 3 heteroatoms. The Labute approximate surface area is 102 Å². The van der Waals surface area contributed by atoms with Gasteiger partial charge in [0, 0.05) is 18.2 Å². The average Bonchev–Trinajstić information content (AvgIpc) is 2.73. The molecule has 2 rings (SSSR count). The minimum Gasteiger partial charge on any atom is -0.327 e. The van der Waals surface area contributed by atoms with E-state index in [2.05, 4.69) is 35.5 Å². The number of nitrogens with two attached hydrogens (primary N) is 1. The van der Waals surface area contributed by atoms with Crippen LogP contribution in [-0.2, 0) is 6.54 Å². The van der Waals surface area contributed by atoms with Gasteiger partial charge in [-0.15, -0.1) is 0 Å². The molecule has 0 aliphatic carbocycles. The summed E-state index contributed by atoms with van der Waals surface area (Å²) < 4.78 is 2.19. The maximum atomic E-state index is 5.96. The molecule has 2 N–H and O–H groups in total. The predicted molar refractivity (Wildman–Crippen MR) is 70.7 cm³/mol. The largest absolute Gasteiger partial charge is 0.327 e. The van der Waals surface area contributed by atoms with Crippen LogP contribution in [0.1, 0.15) is 31.1 Å². The lowest BCUT2D eigenvalue weighted by Gasteiger charge is -2.12. The zero-order chi connectivity index (χ0) is 12.4. The number of nitrogens with zero attached hydrogens (tertiary/aromatic N) is 2. The summed E-state index contributed by atoms with van der Waals surface area (Å²) in [7, 11) is 0. The van der Waals surface area contributed by atoms with Crippen molar-refractivity contribution in [2.75, 3.05) is 0 Å². The monoisotopic (exact) mass is 229 g/mol. The summed E-state index contributed by atoms with van der Waals surface area (Å²) >= 11 is 0. The van der Waals surface area contributed by atoms with Crippen LogP contribution in [0.15, 0.2) is 30.5 Å². The summed E-state index contributed by atoms with van der Waals surface area (Å²) in [6, 6.07) is 8.32. The molecule has 1 atom stereocenters. The molecule has 1 unspecified atom stereocenters. The Morgan fingerprint density at radius 1 is 1.35 bits per heavy atom. The predicted octanol–water partition coefficient (Wildman–Crippen LogP) is 2.90. The molecule has 2 aromatic rings. The van der Waals surface area contributed by atoms with Crippen molar-refractivity contribution in [2.24, 2.45) is 5.73 Å². The smallest absolute Gasteiger partial charge is 0.140 e. The van der Waals surface area contributed by atoms with E-state index >= 15 is 0 Å². The van der Waals surface area contributed by atoms with Crippen molar-refractivity contribution >= 4 is 0 Å². The highest BCUT2D eigenvalue weighted by Gasteiger charge is 2.14. The number of imidazole rings is 1. The molecule has 0 aliphatic heterocycles. The van der Waals surface area contributed by atoms with Crippen LogP contribution >= 0.6 is 0 Å². The third-order valence-electron chi connectivity index (χ3n) is 3.06. The quantitative estimate of drug-likeness (QED) is 0.879. The first-order valence-electron chi connectivity index (χ1n) is 6.02. The molecule has 0 aliphatic rings. The maximum absolute atomic E-state index is 5.96. The Balaban J connectivity index is 2.57. The van der Waals surface area contributed by atoms with Gasteiger partial charge in [-0.05, 0) is 26.3 Å². The first kappa shape index (κ1) is 11.9. The molecule has 0 saturated carbocycles. The SMILES string of the molecule is CCn1c(C(C)N)cnc1-c1ccccc1C. The summed E-state index contributed by atoms with van der Waals surface area (Å²) in [5.74, 6) is 1.01. The van der Waals surface area contributed by atoms with Gasteiger partial charge in [0.15, 0.2) is 0 Å². The molecular weight excluding hydrogens is 210 g/mol. The summed E-state index contributed by atoms with van der Waals surface area (Å²) in [5, 5.41) is 0. The molecule has 0 radical (unpaired) electrons. The summed E-state index contributed by atoms with van der Waals surface area (Å²) in [6.07, 6.45) is 1.88. The van der Waals surface area contributed by atoms with Crippen LogP contribution in [0.5, 0.6) is 0 Å². The number of benzene rings is 1. The van der Waals surface area contributed by atoms with E-state index in [4.69, 9.17) is 5.73 Å². The van der Waals surface area contributed by atoms with E-state index in [1.54, 1.807) is 0 Å². The van der Waals surface area contributed by atoms with E-state index in [0.29, 0.717) is 0 Å². The molecule has 0 saturated heterocycles. The Kier molecular flexibility index (Phi) is 3.29. The third kappa shape index (κ3) is 2.11. The standard InChI is InChI=1S/C14H19N3/c1-4-17-13(11(3)15)9-16-14(17)12-8-6-5-7-10(12)2/h5-9,11H,4,15H2,1-3H3. The highest BCUT2D eigenvalue weighted by atomic mass is 15.1. The van der Waals surface area contributed by atoms with Crippen LogP contribution in [0.2, 0.25) is 0 Å². The van der Waals surface area contributed by atoms with Crippen molar-refractivity contribution in [1.29, 1.82) is 0 Å². The number of rotatable bonds is 3. The van der Waals surface area contributed by atoms with Gasteiger partial charge in [-0.2, -0.15) is 0 Å². The highest BCUT2D eigenvalue weighted by Crippen LogP contribution is 2.24. The fourth-order valence-electron chi connectivity index (χ4n) is 2.12. The first-order valence-corrected chi connectivity index (χ1v) is 6.02. The van der Waals surface area contributed by atoms with Crippen LogP contribution in [0.25, 0.3) is 11.4 Å². The lowest BCUT2D eigenvalue weighted by atomic mass is 10.1. The fourth-order valence-corrected chi connectivity index (χ4v) is 2.12. The normalized spacial score (nSPS) is 12.7. The van der Waals surface area contributed by atoms with Gasteiger partial charge in [0.25, 0.3) is 0 Å². The number of aromatic nitrogens is 2. The van der Waals surface area contributed by atoms with Crippen molar-refractivity contribution in [3.8, 4) is 11.4 Å². The van der Waals surface area contributed by atoms with Gasteiger partial charge >= 0.3 is 0 Å². The lowest BCUT2D eigenvalue weighted by molar-refractivity contribution is 0.662. The third-order valence-corrected chi connectivity index (χ3v) is 3.06. The molecule has 3 nitrogen and oxygen atoms in total. The van der Waals surface area contributed by atoms with E-state index < -0.39 is 0 Å². The van der Waals surface area contributed by atoms with E-state index in [1.807, 2.05) is 25.3 Å². The molecule has 0 spiro atoms. The van der Waals surface area contributed by atoms with Gasteiger partial charge in [0.1, 0.15) is 5.82 Å². The van der Waals surface area contributed by atoms with Crippen LogP contribution in [0.3, 0.4) is 0 Å². The molecule has 0 bridgehead atoms. The Morgan fingerprint density at radius 3 is 2.65 bits per heavy atom. The van der Waals surface area contributed by atoms with Crippen LogP contribution in [0.4, 0.5) is 0 Å². The molecule has 90 valence electrons. The summed E-state index contributed by atoms with van der Waals surface area (Å²) in [5.41, 5.74) is 9.47.